The van der Waals surface area contributed by atoms with Gasteiger partial charge in [0.25, 0.3) is 0 Å². The topological polar surface area (TPSA) is 46.5 Å². The third kappa shape index (κ3) is 1.72. The third-order valence-corrected chi connectivity index (χ3v) is 2.48. The Bertz CT molecular complexity index is 558. The van der Waals surface area contributed by atoms with Gasteiger partial charge in [-0.25, -0.2) is 0 Å². The molecular formula is C13H12O3. The van der Waals surface area contributed by atoms with E-state index in [0.29, 0.717) is 11.3 Å². The predicted octanol–water partition coefficient (Wildman–Crippen LogP) is 2.78. The molecular weight excluding hydrogens is 204 g/mol. The second-order valence-electron chi connectivity index (χ2n) is 3.66. The number of aromatic hydroxyl groups is 1. The molecule has 1 N–H and O–H groups in total. The van der Waals surface area contributed by atoms with Crippen molar-refractivity contribution in [2.45, 2.75) is 13.8 Å². The van der Waals surface area contributed by atoms with E-state index in [1.54, 1.807) is 13.0 Å². The Hall–Kier alpha value is -2.03. The maximum absolute atomic E-state index is 10.9. The van der Waals surface area contributed by atoms with E-state index in [2.05, 4.69) is 0 Å². The van der Waals surface area contributed by atoms with Gasteiger partial charge in [-0.05, 0) is 18.4 Å². The van der Waals surface area contributed by atoms with E-state index >= 15 is 0 Å². The Morgan fingerprint density at radius 3 is 2.69 bits per heavy atom. The highest BCUT2D eigenvalue weighted by Crippen LogP contribution is 2.35. The normalized spacial score (nSPS) is 10.4. The number of carbonyl (C=O) groups is 1. The fraction of sp³-hybridized carbons (Fsp3) is 0.154. The first-order valence-corrected chi connectivity index (χ1v) is 4.99. The van der Waals surface area contributed by atoms with Crippen molar-refractivity contribution < 1.29 is 14.6 Å². The summed E-state index contributed by atoms with van der Waals surface area (Å²) < 4.78 is 5.04. The fourth-order valence-corrected chi connectivity index (χ4v) is 1.67. The number of rotatable bonds is 1. The SMILES string of the molecule is CC(=O)Oc1cc2ccccc2c(O)c1C. The molecule has 16 heavy (non-hydrogen) atoms. The van der Waals surface area contributed by atoms with E-state index in [9.17, 15) is 9.90 Å². The summed E-state index contributed by atoms with van der Waals surface area (Å²) in [5, 5.41) is 11.6. The minimum Gasteiger partial charge on any atom is -0.507 e. The molecule has 2 aromatic carbocycles. The summed E-state index contributed by atoms with van der Waals surface area (Å²) in [6, 6.07) is 9.17. The van der Waals surface area contributed by atoms with Gasteiger partial charge in [0, 0.05) is 17.9 Å². The lowest BCUT2D eigenvalue weighted by atomic mass is 10.1. The van der Waals surface area contributed by atoms with Crippen LogP contribution in [0.25, 0.3) is 10.8 Å². The van der Waals surface area contributed by atoms with E-state index < -0.39 is 5.97 Å². The first-order chi connectivity index (χ1) is 7.59. The van der Waals surface area contributed by atoms with Crippen molar-refractivity contribution >= 4 is 16.7 Å². The maximum atomic E-state index is 10.9. The first-order valence-electron chi connectivity index (χ1n) is 4.99. The number of phenols is 1. The molecule has 0 aromatic heterocycles. The predicted molar refractivity (Wildman–Crippen MR) is 61.7 cm³/mol. The molecule has 3 heteroatoms. The van der Waals surface area contributed by atoms with Gasteiger partial charge in [-0.1, -0.05) is 24.3 Å². The summed E-state index contributed by atoms with van der Waals surface area (Å²) in [6.07, 6.45) is 0. The molecule has 0 amide bonds. The average Bonchev–Trinajstić information content (AvgIpc) is 2.25. The number of hydrogen-bond donors (Lipinski definition) is 1. The van der Waals surface area contributed by atoms with Crippen LogP contribution in [0.4, 0.5) is 0 Å². The molecule has 0 aliphatic heterocycles. The van der Waals surface area contributed by atoms with Crippen LogP contribution in [0.15, 0.2) is 30.3 Å². The van der Waals surface area contributed by atoms with Gasteiger partial charge in [-0.15, -0.1) is 0 Å². The number of carbonyl (C=O) groups excluding carboxylic acids is 1. The second kappa shape index (κ2) is 3.85. The number of benzene rings is 2. The molecule has 0 radical (unpaired) electrons. The molecule has 0 saturated heterocycles. The van der Waals surface area contributed by atoms with Crippen LogP contribution in [0.1, 0.15) is 12.5 Å². The van der Waals surface area contributed by atoms with Crippen molar-refractivity contribution in [3.63, 3.8) is 0 Å². The van der Waals surface area contributed by atoms with Crippen molar-refractivity contribution in [3.05, 3.63) is 35.9 Å². The molecule has 2 rings (SSSR count). The van der Waals surface area contributed by atoms with E-state index in [4.69, 9.17) is 4.74 Å². The van der Waals surface area contributed by atoms with Crippen molar-refractivity contribution in [1.29, 1.82) is 0 Å². The van der Waals surface area contributed by atoms with Crippen LogP contribution in [-0.4, -0.2) is 11.1 Å². The van der Waals surface area contributed by atoms with Gasteiger partial charge in [-0.2, -0.15) is 0 Å². The Balaban J connectivity index is 2.68. The highest BCUT2D eigenvalue weighted by Gasteiger charge is 2.11. The standard InChI is InChI=1S/C13H12O3/c1-8-12(16-9(2)14)7-10-5-3-4-6-11(10)13(8)15/h3-7,15H,1-2H3. The second-order valence-corrected chi connectivity index (χ2v) is 3.66. The molecule has 0 fully saturated rings. The molecule has 2 aromatic rings. The number of hydrogen-bond acceptors (Lipinski definition) is 3. The summed E-state index contributed by atoms with van der Waals surface area (Å²) in [5.74, 6) is 0.177. The van der Waals surface area contributed by atoms with E-state index in [0.717, 1.165) is 10.8 Å². The number of esters is 1. The van der Waals surface area contributed by atoms with Crippen LogP contribution in [0, 0.1) is 6.92 Å². The van der Waals surface area contributed by atoms with Crippen LogP contribution in [-0.2, 0) is 4.79 Å². The molecule has 0 unspecified atom stereocenters. The average molecular weight is 216 g/mol. The highest BCUT2D eigenvalue weighted by atomic mass is 16.5. The van der Waals surface area contributed by atoms with Gasteiger partial charge in [0.15, 0.2) is 0 Å². The molecule has 0 spiro atoms. The van der Waals surface area contributed by atoms with Crippen LogP contribution in [0.5, 0.6) is 11.5 Å². The number of fused-ring (bicyclic) bond motifs is 1. The monoisotopic (exact) mass is 216 g/mol. The van der Waals surface area contributed by atoms with Crippen molar-refractivity contribution in [3.8, 4) is 11.5 Å². The lowest BCUT2D eigenvalue weighted by Crippen LogP contribution is -2.02. The number of phenolic OH excluding ortho intramolecular Hbond substituents is 1. The molecule has 0 saturated carbocycles. The zero-order valence-electron chi connectivity index (χ0n) is 9.15. The van der Waals surface area contributed by atoms with Gasteiger partial charge in [0.2, 0.25) is 0 Å². The Morgan fingerprint density at radius 1 is 1.31 bits per heavy atom. The van der Waals surface area contributed by atoms with Gasteiger partial charge < -0.3 is 9.84 Å². The van der Waals surface area contributed by atoms with Crippen molar-refractivity contribution in [1.82, 2.24) is 0 Å². The Morgan fingerprint density at radius 2 is 2.00 bits per heavy atom. The lowest BCUT2D eigenvalue weighted by molar-refractivity contribution is -0.131. The molecule has 0 aliphatic rings. The molecule has 0 aliphatic carbocycles. The zero-order valence-corrected chi connectivity index (χ0v) is 9.15. The third-order valence-electron chi connectivity index (χ3n) is 2.48. The van der Waals surface area contributed by atoms with E-state index in [1.807, 2.05) is 24.3 Å². The molecule has 0 heterocycles. The Labute approximate surface area is 93.3 Å². The zero-order chi connectivity index (χ0) is 11.7. The van der Waals surface area contributed by atoms with Gasteiger partial charge in [0.1, 0.15) is 11.5 Å². The quantitative estimate of drug-likeness (QED) is 0.589. The molecule has 82 valence electrons. The summed E-state index contributed by atoms with van der Waals surface area (Å²) in [4.78, 5) is 10.9. The van der Waals surface area contributed by atoms with E-state index in [-0.39, 0.29) is 5.75 Å². The van der Waals surface area contributed by atoms with Crippen molar-refractivity contribution in [2.24, 2.45) is 0 Å². The van der Waals surface area contributed by atoms with Crippen molar-refractivity contribution in [2.75, 3.05) is 0 Å². The first kappa shape index (κ1) is 10.5. The smallest absolute Gasteiger partial charge is 0.308 e. The fourth-order valence-electron chi connectivity index (χ4n) is 1.67. The molecule has 0 bridgehead atoms. The lowest BCUT2D eigenvalue weighted by Gasteiger charge is -2.10. The molecule has 3 nitrogen and oxygen atoms in total. The van der Waals surface area contributed by atoms with Crippen LogP contribution in [0.3, 0.4) is 0 Å². The van der Waals surface area contributed by atoms with Crippen LogP contribution < -0.4 is 4.74 Å². The van der Waals surface area contributed by atoms with Gasteiger partial charge >= 0.3 is 5.97 Å². The highest BCUT2D eigenvalue weighted by molar-refractivity contribution is 5.91. The Kier molecular flexibility index (Phi) is 2.52. The van der Waals surface area contributed by atoms with Gasteiger partial charge in [0.05, 0.1) is 0 Å². The summed E-state index contributed by atoms with van der Waals surface area (Å²) >= 11 is 0. The summed E-state index contributed by atoms with van der Waals surface area (Å²) in [5.41, 5.74) is 0.578. The number of ether oxygens (including phenoxy) is 1. The van der Waals surface area contributed by atoms with E-state index in [1.165, 1.54) is 6.92 Å². The van der Waals surface area contributed by atoms with Crippen LogP contribution >= 0.6 is 0 Å². The van der Waals surface area contributed by atoms with Crippen LogP contribution in [0.2, 0.25) is 0 Å². The maximum Gasteiger partial charge on any atom is 0.308 e. The largest absolute Gasteiger partial charge is 0.507 e. The minimum atomic E-state index is -0.391. The van der Waals surface area contributed by atoms with Gasteiger partial charge in [-0.3, -0.25) is 4.79 Å². The minimum absolute atomic E-state index is 0.161. The molecule has 0 atom stereocenters. The summed E-state index contributed by atoms with van der Waals surface area (Å²) in [6.45, 7) is 3.06. The summed E-state index contributed by atoms with van der Waals surface area (Å²) in [7, 11) is 0.